The lowest BCUT2D eigenvalue weighted by molar-refractivity contribution is 0.103. The summed E-state index contributed by atoms with van der Waals surface area (Å²) in [5, 5.41) is 28.1. The van der Waals surface area contributed by atoms with Gasteiger partial charge in [-0.25, -0.2) is 0 Å². The molecular weight excluding hydrogens is 294 g/mol. The number of ketones is 1. The van der Waals surface area contributed by atoms with E-state index in [0.29, 0.717) is 36.3 Å². The minimum absolute atomic E-state index is 0.0383. The van der Waals surface area contributed by atoms with Crippen molar-refractivity contribution in [2.45, 2.75) is 6.54 Å². The van der Waals surface area contributed by atoms with Crippen molar-refractivity contribution < 1.29 is 20.1 Å². The van der Waals surface area contributed by atoms with Gasteiger partial charge in [0.2, 0.25) is 0 Å². The van der Waals surface area contributed by atoms with Gasteiger partial charge in [-0.3, -0.25) is 9.69 Å². The number of nitrogens with zero attached hydrogens (tertiary/aromatic N) is 1. The molecule has 122 valence electrons. The SMILES string of the molecule is O=C(c1ccccc1)c1ccc(O)c(CN(CCO)CCO)c1. The molecule has 5 heteroatoms. The fourth-order valence-corrected chi connectivity index (χ4v) is 2.40. The molecule has 0 bridgehead atoms. The third-order valence-electron chi connectivity index (χ3n) is 3.60. The molecule has 23 heavy (non-hydrogen) atoms. The van der Waals surface area contributed by atoms with Crippen LogP contribution < -0.4 is 0 Å². The minimum Gasteiger partial charge on any atom is -0.508 e. The quantitative estimate of drug-likeness (QED) is 0.642. The lowest BCUT2D eigenvalue weighted by Crippen LogP contribution is -2.29. The molecule has 0 aliphatic carbocycles. The van der Waals surface area contributed by atoms with E-state index in [1.54, 1.807) is 36.4 Å². The molecule has 0 fully saturated rings. The summed E-state index contributed by atoms with van der Waals surface area (Å²) in [5.41, 5.74) is 1.68. The van der Waals surface area contributed by atoms with Crippen LogP contribution in [-0.4, -0.2) is 52.3 Å². The maximum absolute atomic E-state index is 12.5. The Hall–Kier alpha value is -2.21. The number of hydrogen-bond donors (Lipinski definition) is 3. The summed E-state index contributed by atoms with van der Waals surface area (Å²) in [6.07, 6.45) is 0. The predicted molar refractivity (Wildman–Crippen MR) is 87.4 cm³/mol. The first-order valence-corrected chi connectivity index (χ1v) is 7.51. The molecule has 0 radical (unpaired) electrons. The van der Waals surface area contributed by atoms with Crippen LogP contribution in [-0.2, 0) is 6.54 Å². The van der Waals surface area contributed by atoms with Crippen LogP contribution in [0.15, 0.2) is 48.5 Å². The van der Waals surface area contributed by atoms with Gasteiger partial charge in [0.05, 0.1) is 13.2 Å². The maximum atomic E-state index is 12.5. The molecule has 0 aromatic heterocycles. The van der Waals surface area contributed by atoms with Crippen molar-refractivity contribution in [3.05, 3.63) is 65.2 Å². The van der Waals surface area contributed by atoms with Gasteiger partial charge in [-0.05, 0) is 18.2 Å². The van der Waals surface area contributed by atoms with Crippen molar-refractivity contribution >= 4 is 5.78 Å². The largest absolute Gasteiger partial charge is 0.508 e. The molecule has 0 spiro atoms. The van der Waals surface area contributed by atoms with Gasteiger partial charge in [-0.1, -0.05) is 30.3 Å². The molecule has 0 heterocycles. The average molecular weight is 315 g/mol. The molecule has 2 rings (SSSR count). The molecule has 2 aromatic rings. The molecule has 2 aromatic carbocycles. The third-order valence-corrected chi connectivity index (χ3v) is 3.60. The molecule has 0 atom stereocenters. The number of aliphatic hydroxyl groups excluding tert-OH is 2. The summed E-state index contributed by atoms with van der Waals surface area (Å²) in [7, 11) is 0. The number of carbonyl (C=O) groups is 1. The molecule has 5 nitrogen and oxygen atoms in total. The van der Waals surface area contributed by atoms with Gasteiger partial charge in [-0.15, -0.1) is 0 Å². The summed E-state index contributed by atoms with van der Waals surface area (Å²) in [4.78, 5) is 14.3. The Morgan fingerprint density at radius 1 is 0.913 bits per heavy atom. The lowest BCUT2D eigenvalue weighted by atomic mass is 10.0. The zero-order valence-electron chi connectivity index (χ0n) is 12.9. The van der Waals surface area contributed by atoms with Gasteiger partial charge < -0.3 is 15.3 Å². The molecule has 0 aliphatic heterocycles. The summed E-state index contributed by atoms with van der Waals surface area (Å²) >= 11 is 0. The van der Waals surface area contributed by atoms with Crippen LogP contribution in [0.25, 0.3) is 0 Å². The number of hydrogen-bond acceptors (Lipinski definition) is 5. The second-order valence-electron chi connectivity index (χ2n) is 5.26. The molecule has 0 saturated carbocycles. The van der Waals surface area contributed by atoms with E-state index >= 15 is 0 Å². The highest BCUT2D eigenvalue weighted by Gasteiger charge is 2.13. The molecule has 0 aliphatic rings. The van der Waals surface area contributed by atoms with E-state index in [1.807, 2.05) is 11.0 Å². The van der Waals surface area contributed by atoms with Crippen LogP contribution in [0.3, 0.4) is 0 Å². The first-order chi connectivity index (χ1) is 11.2. The highest BCUT2D eigenvalue weighted by atomic mass is 16.3. The van der Waals surface area contributed by atoms with Gasteiger partial charge in [0.25, 0.3) is 0 Å². The summed E-state index contributed by atoms with van der Waals surface area (Å²) in [6.45, 7) is 1.05. The standard InChI is InChI=1S/C18H21NO4/c20-10-8-19(9-11-21)13-16-12-15(6-7-17(16)22)18(23)14-4-2-1-3-5-14/h1-7,12,20-22H,8-11,13H2. The highest BCUT2D eigenvalue weighted by Crippen LogP contribution is 2.22. The Bertz CT molecular complexity index is 637. The van der Waals surface area contributed by atoms with E-state index in [0.717, 1.165) is 0 Å². The number of aliphatic hydroxyl groups is 2. The van der Waals surface area contributed by atoms with Crippen LogP contribution in [0.4, 0.5) is 0 Å². The Labute approximate surface area is 135 Å². The van der Waals surface area contributed by atoms with Gasteiger partial charge in [0.15, 0.2) is 5.78 Å². The molecule has 0 amide bonds. The second kappa shape index (κ2) is 8.43. The first-order valence-electron chi connectivity index (χ1n) is 7.51. The van der Waals surface area contributed by atoms with E-state index in [9.17, 15) is 9.90 Å². The molecule has 0 unspecified atom stereocenters. The summed E-state index contributed by atoms with van der Waals surface area (Å²) < 4.78 is 0. The summed E-state index contributed by atoms with van der Waals surface area (Å²) in [6, 6.07) is 13.7. The topological polar surface area (TPSA) is 81.0 Å². The maximum Gasteiger partial charge on any atom is 0.193 e. The monoisotopic (exact) mass is 315 g/mol. The van der Waals surface area contributed by atoms with Crippen molar-refractivity contribution in [2.24, 2.45) is 0 Å². The number of rotatable bonds is 8. The third kappa shape index (κ3) is 4.63. The zero-order chi connectivity index (χ0) is 16.7. The van der Waals surface area contributed by atoms with Crippen LogP contribution in [0.5, 0.6) is 5.75 Å². The molecule has 0 saturated heterocycles. The van der Waals surface area contributed by atoms with E-state index in [4.69, 9.17) is 10.2 Å². The van der Waals surface area contributed by atoms with Gasteiger partial charge >= 0.3 is 0 Å². The highest BCUT2D eigenvalue weighted by molar-refractivity contribution is 6.09. The van der Waals surface area contributed by atoms with Crippen LogP contribution >= 0.6 is 0 Å². The van der Waals surface area contributed by atoms with E-state index in [2.05, 4.69) is 0 Å². The second-order valence-corrected chi connectivity index (χ2v) is 5.26. The minimum atomic E-state index is -0.109. The normalized spacial score (nSPS) is 10.9. The van der Waals surface area contributed by atoms with Crippen molar-refractivity contribution in [1.29, 1.82) is 0 Å². The number of benzene rings is 2. The number of carbonyl (C=O) groups excluding carboxylic acids is 1. The zero-order valence-corrected chi connectivity index (χ0v) is 12.9. The van der Waals surface area contributed by atoms with Crippen molar-refractivity contribution in [1.82, 2.24) is 4.90 Å². The lowest BCUT2D eigenvalue weighted by Gasteiger charge is -2.21. The fourth-order valence-electron chi connectivity index (χ4n) is 2.40. The average Bonchev–Trinajstić information content (AvgIpc) is 2.57. The number of aromatic hydroxyl groups is 1. The van der Waals surface area contributed by atoms with Crippen molar-refractivity contribution in [3.8, 4) is 5.75 Å². The predicted octanol–water partition coefficient (Wildman–Crippen LogP) is 1.41. The fraction of sp³-hybridized carbons (Fsp3) is 0.278. The number of phenolic OH excluding ortho intramolecular Hbond substituents is 1. The first kappa shape index (κ1) is 17.1. The van der Waals surface area contributed by atoms with Gasteiger partial charge in [-0.2, -0.15) is 0 Å². The van der Waals surface area contributed by atoms with Gasteiger partial charge in [0.1, 0.15) is 5.75 Å². The molecular formula is C18H21NO4. The Kier molecular flexibility index (Phi) is 6.29. The summed E-state index contributed by atoms with van der Waals surface area (Å²) in [5.74, 6) is -0.0155. The van der Waals surface area contributed by atoms with Crippen molar-refractivity contribution in [2.75, 3.05) is 26.3 Å². The van der Waals surface area contributed by atoms with Crippen LogP contribution in [0.2, 0.25) is 0 Å². The number of phenols is 1. The molecule has 3 N–H and O–H groups in total. The Morgan fingerprint density at radius 3 is 2.17 bits per heavy atom. The van der Waals surface area contributed by atoms with Gasteiger partial charge in [0, 0.05) is 36.3 Å². The van der Waals surface area contributed by atoms with E-state index < -0.39 is 0 Å². The van der Waals surface area contributed by atoms with Crippen LogP contribution in [0.1, 0.15) is 21.5 Å². The van der Waals surface area contributed by atoms with Crippen LogP contribution in [0, 0.1) is 0 Å². The van der Waals surface area contributed by atoms with Crippen molar-refractivity contribution in [3.63, 3.8) is 0 Å². The Balaban J connectivity index is 2.23. The van der Waals surface area contributed by atoms with E-state index in [-0.39, 0.29) is 24.7 Å². The van der Waals surface area contributed by atoms with E-state index in [1.165, 1.54) is 6.07 Å². The smallest absolute Gasteiger partial charge is 0.193 e. The Morgan fingerprint density at radius 2 is 1.57 bits per heavy atom.